The number of ether oxygens (including phenoxy) is 1. The second-order valence-electron chi connectivity index (χ2n) is 3.92. The maximum absolute atomic E-state index is 11.8. The first-order chi connectivity index (χ1) is 8.62. The Balaban J connectivity index is 2.70. The number of amides is 1. The van der Waals surface area contributed by atoms with Crippen molar-refractivity contribution in [2.45, 2.75) is 33.1 Å². The first-order valence-electron chi connectivity index (χ1n) is 6.08. The number of rotatable bonds is 6. The van der Waals surface area contributed by atoms with E-state index in [-0.39, 0.29) is 12.5 Å². The van der Waals surface area contributed by atoms with Gasteiger partial charge in [-0.05, 0) is 24.5 Å². The Labute approximate surface area is 111 Å². The number of thiophene rings is 1. The molecule has 0 radical (unpaired) electrons. The Kier molecular flexibility index (Phi) is 5.85. The Hall–Kier alpha value is -1.36. The van der Waals surface area contributed by atoms with Crippen molar-refractivity contribution in [1.82, 2.24) is 5.32 Å². The zero-order chi connectivity index (χ0) is 13.5. The molecule has 0 atom stereocenters. The molecule has 0 aliphatic rings. The van der Waals surface area contributed by atoms with Gasteiger partial charge in [0.25, 0.3) is 5.91 Å². The first kappa shape index (κ1) is 14.7. The summed E-state index contributed by atoms with van der Waals surface area (Å²) in [7, 11) is 1.30. The van der Waals surface area contributed by atoms with Crippen LogP contribution in [-0.4, -0.2) is 25.5 Å². The van der Waals surface area contributed by atoms with Crippen LogP contribution < -0.4 is 5.32 Å². The lowest BCUT2D eigenvalue weighted by atomic mass is 10.1. The second-order valence-corrected chi connectivity index (χ2v) is 5.06. The summed E-state index contributed by atoms with van der Waals surface area (Å²) < 4.78 is 4.47. The molecule has 1 aromatic rings. The van der Waals surface area contributed by atoms with Crippen LogP contribution in [0.1, 0.15) is 40.4 Å². The molecular weight excluding hydrogens is 250 g/mol. The third-order valence-corrected chi connectivity index (χ3v) is 3.84. The van der Waals surface area contributed by atoms with E-state index in [0.717, 1.165) is 19.3 Å². The minimum Gasteiger partial charge on any atom is -0.468 e. The maximum atomic E-state index is 11.8. The van der Waals surface area contributed by atoms with E-state index in [2.05, 4.69) is 23.9 Å². The molecule has 1 N–H and O–H groups in total. The highest BCUT2D eigenvalue weighted by molar-refractivity contribution is 7.14. The number of hydrogen-bond donors (Lipinski definition) is 1. The van der Waals surface area contributed by atoms with Gasteiger partial charge in [0.1, 0.15) is 6.54 Å². The number of hydrogen-bond acceptors (Lipinski definition) is 4. The molecule has 1 heterocycles. The standard InChI is InChI=1S/C13H19NO3S/c1-4-6-10-9(5-2)7-11(18-10)13(16)14-8-12(15)17-3/h7H,4-6,8H2,1-3H3,(H,14,16). The fraction of sp³-hybridized carbons (Fsp3) is 0.538. The third-order valence-electron chi connectivity index (χ3n) is 2.60. The molecule has 1 aromatic heterocycles. The minimum absolute atomic E-state index is 0.0855. The average Bonchev–Trinajstić information content (AvgIpc) is 2.79. The molecular formula is C13H19NO3S. The first-order valence-corrected chi connectivity index (χ1v) is 6.90. The SMILES string of the molecule is CCCc1sc(C(=O)NCC(=O)OC)cc1CC. The molecule has 0 fully saturated rings. The molecule has 0 saturated carbocycles. The summed E-state index contributed by atoms with van der Waals surface area (Å²) in [4.78, 5) is 24.7. The van der Waals surface area contributed by atoms with Crippen molar-refractivity contribution in [2.75, 3.05) is 13.7 Å². The molecule has 1 amide bonds. The Morgan fingerprint density at radius 1 is 1.39 bits per heavy atom. The lowest BCUT2D eigenvalue weighted by molar-refractivity contribution is -0.139. The van der Waals surface area contributed by atoms with Crippen molar-refractivity contribution in [3.8, 4) is 0 Å². The van der Waals surface area contributed by atoms with Crippen molar-refractivity contribution in [1.29, 1.82) is 0 Å². The van der Waals surface area contributed by atoms with Gasteiger partial charge in [0, 0.05) is 4.88 Å². The van der Waals surface area contributed by atoms with Crippen LogP contribution in [0.2, 0.25) is 0 Å². The molecule has 18 heavy (non-hydrogen) atoms. The normalized spacial score (nSPS) is 10.2. The fourth-order valence-corrected chi connectivity index (χ4v) is 2.90. The largest absolute Gasteiger partial charge is 0.468 e. The van der Waals surface area contributed by atoms with E-state index in [1.165, 1.54) is 28.9 Å². The Bertz CT molecular complexity index is 426. The van der Waals surface area contributed by atoms with Gasteiger partial charge < -0.3 is 10.1 Å². The van der Waals surface area contributed by atoms with Crippen molar-refractivity contribution < 1.29 is 14.3 Å². The molecule has 0 saturated heterocycles. The van der Waals surface area contributed by atoms with Crippen LogP contribution in [-0.2, 0) is 22.4 Å². The van der Waals surface area contributed by atoms with Gasteiger partial charge in [0.05, 0.1) is 12.0 Å². The molecule has 0 spiro atoms. The van der Waals surface area contributed by atoms with Crippen molar-refractivity contribution in [3.05, 3.63) is 21.4 Å². The van der Waals surface area contributed by atoms with Crippen molar-refractivity contribution in [2.24, 2.45) is 0 Å². The molecule has 0 aromatic carbocycles. The fourth-order valence-electron chi connectivity index (χ4n) is 1.63. The van der Waals surface area contributed by atoms with Crippen LogP contribution in [0.5, 0.6) is 0 Å². The molecule has 1 rings (SSSR count). The highest BCUT2D eigenvalue weighted by Gasteiger charge is 2.14. The quantitative estimate of drug-likeness (QED) is 0.805. The van der Waals surface area contributed by atoms with Crippen LogP contribution in [0.15, 0.2) is 6.07 Å². The summed E-state index contributed by atoms with van der Waals surface area (Å²) >= 11 is 1.51. The van der Waals surface area contributed by atoms with Crippen LogP contribution in [0.25, 0.3) is 0 Å². The number of esters is 1. The lowest BCUT2D eigenvalue weighted by Gasteiger charge is -2.01. The van der Waals surface area contributed by atoms with Gasteiger partial charge in [-0.25, -0.2) is 0 Å². The topological polar surface area (TPSA) is 55.4 Å². The highest BCUT2D eigenvalue weighted by Crippen LogP contribution is 2.24. The van der Waals surface area contributed by atoms with Crippen molar-refractivity contribution in [3.63, 3.8) is 0 Å². The van der Waals surface area contributed by atoms with E-state index in [9.17, 15) is 9.59 Å². The van der Waals surface area contributed by atoms with Gasteiger partial charge in [-0.3, -0.25) is 9.59 Å². The van der Waals surface area contributed by atoms with E-state index in [4.69, 9.17) is 0 Å². The Morgan fingerprint density at radius 3 is 2.67 bits per heavy atom. The van der Waals surface area contributed by atoms with Gasteiger partial charge >= 0.3 is 5.97 Å². The zero-order valence-corrected chi connectivity index (χ0v) is 11.9. The second kappa shape index (κ2) is 7.16. The third kappa shape index (κ3) is 3.84. The van der Waals surface area contributed by atoms with Gasteiger partial charge in [0.15, 0.2) is 0 Å². The molecule has 0 bridgehead atoms. The molecule has 5 heteroatoms. The lowest BCUT2D eigenvalue weighted by Crippen LogP contribution is -2.29. The van der Waals surface area contributed by atoms with Gasteiger partial charge in [-0.2, -0.15) is 0 Å². The molecule has 0 unspecified atom stereocenters. The summed E-state index contributed by atoms with van der Waals surface area (Å²) in [6.07, 6.45) is 2.99. The van der Waals surface area contributed by atoms with Crippen LogP contribution in [0.3, 0.4) is 0 Å². The maximum Gasteiger partial charge on any atom is 0.325 e. The Morgan fingerprint density at radius 2 is 2.11 bits per heavy atom. The number of carbonyl (C=O) groups is 2. The average molecular weight is 269 g/mol. The summed E-state index contributed by atoms with van der Waals surface area (Å²) in [6.45, 7) is 4.12. The monoisotopic (exact) mass is 269 g/mol. The van der Waals surface area contributed by atoms with E-state index >= 15 is 0 Å². The zero-order valence-electron chi connectivity index (χ0n) is 11.0. The van der Waals surface area contributed by atoms with Crippen LogP contribution in [0.4, 0.5) is 0 Å². The van der Waals surface area contributed by atoms with E-state index in [1.54, 1.807) is 0 Å². The van der Waals surface area contributed by atoms with Crippen molar-refractivity contribution >= 4 is 23.2 Å². The number of nitrogens with one attached hydrogen (secondary N) is 1. The van der Waals surface area contributed by atoms with E-state index in [1.807, 2.05) is 6.07 Å². The van der Waals surface area contributed by atoms with Gasteiger partial charge in [-0.1, -0.05) is 20.3 Å². The number of carbonyl (C=O) groups excluding carboxylic acids is 2. The van der Waals surface area contributed by atoms with Crippen LogP contribution in [0, 0.1) is 0 Å². The predicted octanol–water partition coefficient (Wildman–Crippen LogP) is 2.17. The molecule has 100 valence electrons. The highest BCUT2D eigenvalue weighted by atomic mass is 32.1. The summed E-state index contributed by atoms with van der Waals surface area (Å²) in [5, 5.41) is 2.55. The van der Waals surface area contributed by atoms with E-state index in [0.29, 0.717) is 4.88 Å². The molecule has 4 nitrogen and oxygen atoms in total. The number of aryl methyl sites for hydroxylation is 2. The summed E-state index contributed by atoms with van der Waals surface area (Å²) in [6, 6.07) is 1.92. The van der Waals surface area contributed by atoms with Gasteiger partial charge in [-0.15, -0.1) is 11.3 Å². The van der Waals surface area contributed by atoms with Crippen LogP contribution >= 0.6 is 11.3 Å². The summed E-state index contributed by atoms with van der Waals surface area (Å²) in [5.41, 5.74) is 1.23. The van der Waals surface area contributed by atoms with E-state index < -0.39 is 5.97 Å². The predicted molar refractivity (Wildman–Crippen MR) is 72.0 cm³/mol. The smallest absolute Gasteiger partial charge is 0.325 e. The summed E-state index contributed by atoms with van der Waals surface area (Å²) in [5.74, 6) is -0.646. The number of methoxy groups -OCH3 is 1. The van der Waals surface area contributed by atoms with Gasteiger partial charge in [0.2, 0.25) is 0 Å². The molecule has 0 aliphatic heterocycles. The minimum atomic E-state index is -0.440. The molecule has 0 aliphatic carbocycles.